The van der Waals surface area contributed by atoms with Gasteiger partial charge < -0.3 is 4.74 Å². The Balaban J connectivity index is 1.72. The lowest BCUT2D eigenvalue weighted by Gasteiger charge is -2.31. The number of aryl methyl sites for hydroxylation is 1. The molecule has 2 atom stereocenters. The Hall–Kier alpha value is -1.01. The Morgan fingerprint density at radius 2 is 2.23 bits per heavy atom. The highest BCUT2D eigenvalue weighted by Crippen LogP contribution is 2.50. The lowest BCUT2D eigenvalue weighted by atomic mass is 9.80. The third-order valence-corrected chi connectivity index (χ3v) is 5.50. The minimum absolute atomic E-state index is 0.00144. The van der Waals surface area contributed by atoms with E-state index < -0.39 is 5.60 Å². The van der Waals surface area contributed by atoms with Crippen LogP contribution in [0, 0.1) is 18.3 Å². The first-order valence-electron chi connectivity index (χ1n) is 8.03. The smallest absolute Gasteiger partial charge is 0.314 e. The molecule has 3 rings (SSSR count). The Labute approximate surface area is 136 Å². The van der Waals surface area contributed by atoms with Gasteiger partial charge in [-0.25, -0.2) is 0 Å². The molecular formula is C16H25N3O2S. The zero-order chi connectivity index (χ0) is 16.0. The predicted molar refractivity (Wildman–Crippen MR) is 85.5 cm³/mol. The zero-order valence-electron chi connectivity index (χ0n) is 13.9. The number of esters is 1. The Bertz CT molecular complexity index is 566. The van der Waals surface area contributed by atoms with Gasteiger partial charge in [0.1, 0.15) is 15.6 Å². The maximum atomic E-state index is 12.8. The molecule has 122 valence electrons. The maximum absolute atomic E-state index is 12.8. The van der Waals surface area contributed by atoms with E-state index >= 15 is 0 Å². The van der Waals surface area contributed by atoms with Crippen LogP contribution in [0.5, 0.6) is 0 Å². The minimum atomic E-state index is -0.414. The maximum Gasteiger partial charge on any atom is 0.314 e. The Morgan fingerprint density at radius 1 is 1.45 bits per heavy atom. The first kappa shape index (κ1) is 15.9. The number of hydrogen-bond acceptors (Lipinski definition) is 6. The summed E-state index contributed by atoms with van der Waals surface area (Å²) in [5, 5.41) is 10.3. The van der Waals surface area contributed by atoms with Crippen molar-refractivity contribution in [1.82, 2.24) is 15.1 Å². The fourth-order valence-corrected chi connectivity index (χ4v) is 4.57. The number of ether oxygens (including phenoxy) is 1. The largest absolute Gasteiger partial charge is 0.459 e. The number of carbonyl (C=O) groups is 1. The van der Waals surface area contributed by atoms with Gasteiger partial charge in [-0.05, 0) is 46.5 Å². The van der Waals surface area contributed by atoms with Gasteiger partial charge in [-0.15, -0.1) is 21.5 Å². The molecule has 1 saturated carbocycles. The number of nitrogens with zero attached hydrogens (tertiary/aromatic N) is 3. The first-order valence-corrected chi connectivity index (χ1v) is 8.85. The molecule has 1 saturated heterocycles. The van der Waals surface area contributed by atoms with Crippen LogP contribution in [-0.2, 0) is 16.1 Å². The molecule has 0 radical (unpaired) electrons. The summed E-state index contributed by atoms with van der Waals surface area (Å²) in [5.41, 5.74) is -0.713. The quantitative estimate of drug-likeness (QED) is 0.801. The molecule has 0 unspecified atom stereocenters. The molecule has 2 fully saturated rings. The predicted octanol–water partition coefficient (Wildman–Crippen LogP) is 2.79. The third-order valence-electron chi connectivity index (χ3n) is 4.67. The molecular weight excluding hydrogens is 298 g/mol. The van der Waals surface area contributed by atoms with Crippen molar-refractivity contribution in [3.05, 3.63) is 10.0 Å². The number of likely N-dealkylation sites (tertiary alicyclic amines) is 1. The lowest BCUT2D eigenvalue weighted by molar-refractivity contribution is -0.168. The molecule has 0 bridgehead atoms. The van der Waals surface area contributed by atoms with E-state index in [1.54, 1.807) is 11.3 Å². The van der Waals surface area contributed by atoms with Crippen LogP contribution in [0.15, 0.2) is 0 Å². The lowest BCUT2D eigenvalue weighted by Crippen LogP contribution is -2.41. The van der Waals surface area contributed by atoms with Gasteiger partial charge in [0.05, 0.1) is 12.0 Å². The Morgan fingerprint density at radius 3 is 2.86 bits per heavy atom. The van der Waals surface area contributed by atoms with Gasteiger partial charge in [0.25, 0.3) is 0 Å². The monoisotopic (exact) mass is 323 g/mol. The van der Waals surface area contributed by atoms with Crippen molar-refractivity contribution in [3.8, 4) is 0 Å². The van der Waals surface area contributed by atoms with Crippen molar-refractivity contribution in [2.75, 3.05) is 13.1 Å². The SMILES string of the molecule is Cc1nnc(CN2C[C@@H]3CCC[C@@]3(C(=O)OC(C)(C)C)C2)s1. The Kier molecular flexibility index (Phi) is 4.01. The van der Waals surface area contributed by atoms with Gasteiger partial charge in [0.15, 0.2) is 0 Å². The number of carbonyl (C=O) groups excluding carboxylic acids is 1. The molecule has 1 aromatic heterocycles. The van der Waals surface area contributed by atoms with Crippen LogP contribution in [0.2, 0.25) is 0 Å². The minimum Gasteiger partial charge on any atom is -0.459 e. The van der Waals surface area contributed by atoms with E-state index in [1.807, 2.05) is 27.7 Å². The van der Waals surface area contributed by atoms with Crippen LogP contribution in [0.1, 0.15) is 50.0 Å². The van der Waals surface area contributed by atoms with Gasteiger partial charge >= 0.3 is 5.97 Å². The zero-order valence-corrected chi connectivity index (χ0v) is 14.7. The number of aromatic nitrogens is 2. The van der Waals surface area contributed by atoms with E-state index in [-0.39, 0.29) is 11.4 Å². The van der Waals surface area contributed by atoms with Crippen molar-refractivity contribution in [1.29, 1.82) is 0 Å². The average molecular weight is 323 g/mol. The van der Waals surface area contributed by atoms with Gasteiger partial charge in [-0.2, -0.15) is 0 Å². The summed E-state index contributed by atoms with van der Waals surface area (Å²) in [6.07, 6.45) is 3.22. The summed E-state index contributed by atoms with van der Waals surface area (Å²) >= 11 is 1.64. The fraction of sp³-hybridized carbons (Fsp3) is 0.812. The number of hydrogen-bond donors (Lipinski definition) is 0. The van der Waals surface area contributed by atoms with Gasteiger partial charge in [-0.3, -0.25) is 9.69 Å². The van der Waals surface area contributed by atoms with Crippen LogP contribution in [0.4, 0.5) is 0 Å². The van der Waals surface area contributed by atoms with Crippen LogP contribution in [-0.4, -0.2) is 39.8 Å². The van der Waals surface area contributed by atoms with Crippen LogP contribution in [0.3, 0.4) is 0 Å². The fourth-order valence-electron chi connectivity index (χ4n) is 3.82. The summed E-state index contributed by atoms with van der Waals surface area (Å²) in [4.78, 5) is 15.1. The van der Waals surface area contributed by atoms with Gasteiger partial charge in [0.2, 0.25) is 0 Å². The van der Waals surface area contributed by atoms with Gasteiger partial charge in [-0.1, -0.05) is 6.42 Å². The molecule has 0 aromatic carbocycles. The van der Waals surface area contributed by atoms with Crippen LogP contribution >= 0.6 is 11.3 Å². The van der Waals surface area contributed by atoms with Crippen molar-refractivity contribution in [2.24, 2.45) is 11.3 Å². The van der Waals surface area contributed by atoms with E-state index in [4.69, 9.17) is 4.74 Å². The second-order valence-electron chi connectivity index (χ2n) is 7.63. The number of fused-ring (bicyclic) bond motifs is 1. The average Bonchev–Trinajstić information content (AvgIpc) is 3.02. The van der Waals surface area contributed by atoms with Crippen molar-refractivity contribution >= 4 is 17.3 Å². The standard InChI is InChI=1S/C16H25N3O2S/c1-11-17-18-13(22-11)9-19-8-12-6-5-7-16(12,10-19)14(20)21-15(2,3)4/h12H,5-10H2,1-4H3/t12-,16+/m0/s1. The molecule has 1 aromatic rings. The molecule has 0 N–H and O–H groups in total. The summed E-state index contributed by atoms with van der Waals surface area (Å²) in [6.45, 7) is 10.4. The molecule has 22 heavy (non-hydrogen) atoms. The normalized spacial score (nSPS) is 28.8. The molecule has 1 aliphatic carbocycles. The van der Waals surface area contributed by atoms with E-state index in [9.17, 15) is 4.79 Å². The third kappa shape index (κ3) is 3.04. The molecule has 0 amide bonds. The molecule has 2 heterocycles. The van der Waals surface area contributed by atoms with E-state index in [1.165, 1.54) is 0 Å². The van der Waals surface area contributed by atoms with Crippen molar-refractivity contribution in [3.63, 3.8) is 0 Å². The number of rotatable bonds is 3. The highest BCUT2D eigenvalue weighted by atomic mass is 32.1. The second kappa shape index (κ2) is 5.57. The molecule has 0 spiro atoms. The highest BCUT2D eigenvalue weighted by molar-refractivity contribution is 7.11. The van der Waals surface area contributed by atoms with Crippen molar-refractivity contribution in [2.45, 2.75) is 59.1 Å². The molecule has 2 aliphatic rings. The van der Waals surface area contributed by atoms with E-state index in [2.05, 4.69) is 15.1 Å². The van der Waals surface area contributed by atoms with E-state index in [0.29, 0.717) is 5.92 Å². The topological polar surface area (TPSA) is 55.3 Å². The summed E-state index contributed by atoms with van der Waals surface area (Å²) in [7, 11) is 0. The summed E-state index contributed by atoms with van der Waals surface area (Å²) < 4.78 is 5.74. The highest BCUT2D eigenvalue weighted by Gasteiger charge is 2.56. The van der Waals surface area contributed by atoms with Crippen LogP contribution < -0.4 is 0 Å². The molecule has 6 heteroatoms. The summed E-state index contributed by atoms with van der Waals surface area (Å²) in [5.74, 6) is 0.426. The first-order chi connectivity index (χ1) is 10.3. The second-order valence-corrected chi connectivity index (χ2v) is 8.90. The van der Waals surface area contributed by atoms with E-state index in [0.717, 1.165) is 48.9 Å². The summed E-state index contributed by atoms with van der Waals surface area (Å²) in [6, 6.07) is 0. The van der Waals surface area contributed by atoms with Crippen LogP contribution in [0.25, 0.3) is 0 Å². The van der Waals surface area contributed by atoms with Crippen molar-refractivity contribution < 1.29 is 9.53 Å². The van der Waals surface area contributed by atoms with Gasteiger partial charge in [0, 0.05) is 13.1 Å². The molecule has 1 aliphatic heterocycles. The molecule has 5 nitrogen and oxygen atoms in total.